The van der Waals surface area contributed by atoms with Crippen LogP contribution in [0.25, 0.3) is 111 Å². The van der Waals surface area contributed by atoms with Crippen molar-refractivity contribution in [1.82, 2.24) is 24.1 Å². The van der Waals surface area contributed by atoms with Crippen molar-refractivity contribution in [2.24, 2.45) is 0 Å². The minimum absolute atomic E-state index is 0.613. The van der Waals surface area contributed by atoms with Gasteiger partial charge in [-0.3, -0.25) is 0 Å². The summed E-state index contributed by atoms with van der Waals surface area (Å²) < 4.78 is 4.83. The van der Waals surface area contributed by atoms with Gasteiger partial charge >= 0.3 is 0 Å². The Morgan fingerprint density at radius 1 is 0.258 bits per heavy atom. The number of para-hydroxylation sites is 2. The average Bonchev–Trinajstić information content (AvgIpc) is 3.88. The second kappa shape index (κ2) is 14.7. The van der Waals surface area contributed by atoms with Gasteiger partial charge in [0, 0.05) is 49.6 Å². The van der Waals surface area contributed by atoms with Crippen LogP contribution in [0.3, 0.4) is 0 Å². The summed E-state index contributed by atoms with van der Waals surface area (Å²) in [5.41, 5.74) is 14.2. The van der Waals surface area contributed by atoms with Gasteiger partial charge in [-0.2, -0.15) is 0 Å². The highest BCUT2D eigenvalue weighted by atomic mass is 15.0. The van der Waals surface area contributed by atoms with Gasteiger partial charge in [-0.05, 0) is 70.8 Å². The first-order valence-corrected chi connectivity index (χ1v) is 20.9. The molecule has 0 N–H and O–H groups in total. The Labute approximate surface area is 358 Å². The van der Waals surface area contributed by atoms with Crippen LogP contribution in [0.4, 0.5) is 0 Å². The molecule has 0 unspecified atom stereocenters. The molecular formula is C57H37N5. The summed E-state index contributed by atoms with van der Waals surface area (Å²) in [5.74, 6) is 1.87. The van der Waals surface area contributed by atoms with Crippen molar-refractivity contribution in [3.8, 4) is 67.8 Å². The molecule has 0 saturated heterocycles. The smallest absolute Gasteiger partial charge is 0.164 e. The van der Waals surface area contributed by atoms with Gasteiger partial charge in [0.25, 0.3) is 0 Å². The number of fused-ring (bicyclic) bond motifs is 7. The van der Waals surface area contributed by atoms with E-state index in [1.807, 2.05) is 24.3 Å². The number of rotatable bonds is 7. The molecule has 0 fully saturated rings. The zero-order chi connectivity index (χ0) is 41.0. The van der Waals surface area contributed by atoms with Gasteiger partial charge in [0.05, 0.1) is 22.1 Å². The molecule has 0 bridgehead atoms. The van der Waals surface area contributed by atoms with Crippen LogP contribution >= 0.6 is 0 Å². The highest BCUT2D eigenvalue weighted by molar-refractivity contribution is 6.26. The maximum atomic E-state index is 5.20. The number of nitrogens with zero attached hydrogens (tertiary/aromatic N) is 5. The van der Waals surface area contributed by atoms with Crippen LogP contribution in [0.5, 0.6) is 0 Å². The van der Waals surface area contributed by atoms with E-state index >= 15 is 0 Å². The van der Waals surface area contributed by atoms with Crippen molar-refractivity contribution in [2.45, 2.75) is 0 Å². The van der Waals surface area contributed by atoms with E-state index < -0.39 is 0 Å². The third kappa shape index (κ3) is 5.98. The molecular weight excluding hydrogens is 755 g/mol. The fraction of sp³-hybridized carbons (Fsp3) is 0. The van der Waals surface area contributed by atoms with Gasteiger partial charge in [0.2, 0.25) is 0 Å². The second-order valence-corrected chi connectivity index (χ2v) is 15.6. The lowest BCUT2D eigenvalue weighted by Gasteiger charge is -2.13. The van der Waals surface area contributed by atoms with Crippen LogP contribution in [0.1, 0.15) is 0 Å². The third-order valence-corrected chi connectivity index (χ3v) is 12.0. The number of hydrogen-bond acceptors (Lipinski definition) is 3. The van der Waals surface area contributed by atoms with Crippen molar-refractivity contribution in [2.75, 3.05) is 0 Å². The average molecular weight is 792 g/mol. The highest BCUT2D eigenvalue weighted by Crippen LogP contribution is 2.42. The fourth-order valence-corrected chi connectivity index (χ4v) is 9.09. The van der Waals surface area contributed by atoms with Crippen molar-refractivity contribution in [1.29, 1.82) is 0 Å². The van der Waals surface area contributed by atoms with Crippen LogP contribution < -0.4 is 0 Å². The Bertz CT molecular complexity index is 3610. The number of aromatic nitrogens is 5. The van der Waals surface area contributed by atoms with Gasteiger partial charge in [0.15, 0.2) is 17.5 Å². The lowest BCUT2D eigenvalue weighted by atomic mass is 10.0. The summed E-state index contributed by atoms with van der Waals surface area (Å²) in [4.78, 5) is 15.4. The standard InChI is InChI=1S/C57H37N5/c1-4-16-38(17-5-1)40-30-32-45(33-31-40)61-51-29-13-11-27-49(51)53-52(61)35-34-48-47-26-10-12-28-50(47)62(54(48)53)46-25-15-24-44(37-46)57-59-55(41-20-8-3-9-21-41)58-56(60-57)43-23-14-22-42(36-43)39-18-6-2-7-19-39/h1-37H. The minimum Gasteiger partial charge on any atom is -0.309 e. The predicted molar refractivity (Wildman–Crippen MR) is 256 cm³/mol. The van der Waals surface area contributed by atoms with Crippen molar-refractivity contribution in [3.05, 3.63) is 224 Å². The van der Waals surface area contributed by atoms with E-state index in [9.17, 15) is 0 Å². The zero-order valence-corrected chi connectivity index (χ0v) is 33.6. The summed E-state index contributed by atoms with van der Waals surface area (Å²) in [6.45, 7) is 0. The van der Waals surface area contributed by atoms with Gasteiger partial charge in [-0.15, -0.1) is 0 Å². The molecule has 0 atom stereocenters. The van der Waals surface area contributed by atoms with Crippen LogP contribution in [0.15, 0.2) is 224 Å². The van der Waals surface area contributed by atoms with Gasteiger partial charge in [-0.1, -0.05) is 176 Å². The summed E-state index contributed by atoms with van der Waals surface area (Å²) >= 11 is 0. The Balaban J connectivity index is 1.06. The lowest BCUT2D eigenvalue weighted by molar-refractivity contribution is 1.07. The fourth-order valence-electron chi connectivity index (χ4n) is 9.09. The van der Waals surface area contributed by atoms with E-state index in [4.69, 9.17) is 15.0 Å². The summed E-state index contributed by atoms with van der Waals surface area (Å²) in [7, 11) is 0. The Morgan fingerprint density at radius 3 is 1.42 bits per heavy atom. The lowest BCUT2D eigenvalue weighted by Crippen LogP contribution is -2.01. The molecule has 0 amide bonds. The topological polar surface area (TPSA) is 48.5 Å². The largest absolute Gasteiger partial charge is 0.309 e. The molecule has 5 heteroatoms. The summed E-state index contributed by atoms with van der Waals surface area (Å²) in [5, 5.41) is 4.81. The molecule has 290 valence electrons. The molecule has 3 aromatic heterocycles. The number of benzene rings is 9. The first kappa shape index (κ1) is 35.5. The molecule has 62 heavy (non-hydrogen) atoms. The van der Waals surface area contributed by atoms with E-state index in [0.717, 1.165) is 61.3 Å². The SMILES string of the molecule is c1ccc(-c2ccc(-n3c4ccccc4c4c3ccc3c5ccccc5n(-c5cccc(-c6nc(-c7ccccc7)nc(-c7cccc(-c8ccccc8)c7)n6)c5)c34)cc2)cc1. The van der Waals surface area contributed by atoms with Crippen LogP contribution in [0.2, 0.25) is 0 Å². The zero-order valence-electron chi connectivity index (χ0n) is 33.6. The molecule has 0 aliphatic heterocycles. The Morgan fingerprint density at radius 2 is 0.742 bits per heavy atom. The molecule has 12 rings (SSSR count). The first-order valence-electron chi connectivity index (χ1n) is 20.9. The molecule has 0 saturated carbocycles. The van der Waals surface area contributed by atoms with Gasteiger partial charge < -0.3 is 9.13 Å². The van der Waals surface area contributed by atoms with Crippen molar-refractivity contribution < 1.29 is 0 Å². The molecule has 12 aromatic rings. The van der Waals surface area contributed by atoms with Crippen LogP contribution in [-0.4, -0.2) is 24.1 Å². The molecule has 5 nitrogen and oxygen atoms in total. The van der Waals surface area contributed by atoms with Crippen LogP contribution in [0, 0.1) is 0 Å². The van der Waals surface area contributed by atoms with E-state index in [0.29, 0.717) is 17.5 Å². The summed E-state index contributed by atoms with van der Waals surface area (Å²) in [6.07, 6.45) is 0. The second-order valence-electron chi connectivity index (χ2n) is 15.6. The third-order valence-electron chi connectivity index (χ3n) is 12.0. The van der Waals surface area contributed by atoms with E-state index in [-0.39, 0.29) is 0 Å². The monoisotopic (exact) mass is 791 g/mol. The van der Waals surface area contributed by atoms with Crippen molar-refractivity contribution >= 4 is 43.6 Å². The first-order chi connectivity index (χ1) is 30.7. The maximum absolute atomic E-state index is 5.20. The molecule has 0 radical (unpaired) electrons. The molecule has 0 aliphatic carbocycles. The Kier molecular flexibility index (Phi) is 8.42. The molecule has 0 spiro atoms. The molecule has 3 heterocycles. The quantitative estimate of drug-likeness (QED) is 0.162. The number of hydrogen-bond donors (Lipinski definition) is 0. The molecule has 9 aromatic carbocycles. The van der Waals surface area contributed by atoms with E-state index in [1.165, 1.54) is 32.7 Å². The highest BCUT2D eigenvalue weighted by Gasteiger charge is 2.22. The predicted octanol–water partition coefficient (Wildman–Crippen LogP) is 14.4. The normalized spacial score (nSPS) is 11.5. The Hall–Kier alpha value is -8.41. The molecule has 0 aliphatic rings. The summed E-state index contributed by atoms with van der Waals surface area (Å²) in [6, 6.07) is 79.2. The van der Waals surface area contributed by atoms with E-state index in [2.05, 4.69) is 209 Å². The minimum atomic E-state index is 0.613. The van der Waals surface area contributed by atoms with Gasteiger partial charge in [0.1, 0.15) is 0 Å². The van der Waals surface area contributed by atoms with Crippen molar-refractivity contribution in [3.63, 3.8) is 0 Å². The maximum Gasteiger partial charge on any atom is 0.164 e. The van der Waals surface area contributed by atoms with Gasteiger partial charge in [-0.25, -0.2) is 15.0 Å². The van der Waals surface area contributed by atoms with Crippen LogP contribution in [-0.2, 0) is 0 Å². The van der Waals surface area contributed by atoms with E-state index in [1.54, 1.807) is 0 Å².